The number of nitrogens with one attached hydrogen (secondary N) is 1. The fourth-order valence-corrected chi connectivity index (χ4v) is 1.90. The van der Waals surface area contributed by atoms with Gasteiger partial charge in [0.2, 0.25) is 0 Å². The maximum atomic E-state index is 11.7. The molecule has 2 rings (SSSR count). The summed E-state index contributed by atoms with van der Waals surface area (Å²) < 4.78 is 0. The lowest BCUT2D eigenvalue weighted by Gasteiger charge is -2.02. The lowest BCUT2D eigenvalue weighted by Crippen LogP contribution is -2.01. The van der Waals surface area contributed by atoms with E-state index in [-0.39, 0.29) is 5.78 Å². The van der Waals surface area contributed by atoms with Gasteiger partial charge in [-0.05, 0) is 25.7 Å². The monoisotopic (exact) mass is 208 g/mol. The molecule has 0 aliphatic heterocycles. The first-order chi connectivity index (χ1) is 7.22. The topological polar surface area (TPSA) is 66.0 Å². The highest BCUT2D eigenvalue weighted by Gasteiger charge is 2.21. The zero-order valence-corrected chi connectivity index (χ0v) is 8.92. The molecular formula is C11H16N2O2. The average Bonchev–Trinajstić information content (AvgIpc) is 2.60. The van der Waals surface area contributed by atoms with E-state index in [0.717, 1.165) is 25.0 Å². The van der Waals surface area contributed by atoms with E-state index in [1.165, 1.54) is 0 Å². The molecular weight excluding hydrogens is 192 g/mol. The summed E-state index contributed by atoms with van der Waals surface area (Å²) in [6.07, 6.45) is 3.44. The Balaban J connectivity index is 2.33. The number of aromatic amines is 1. The van der Waals surface area contributed by atoms with Crippen molar-refractivity contribution >= 4 is 5.78 Å². The van der Waals surface area contributed by atoms with Gasteiger partial charge in [-0.3, -0.25) is 4.79 Å². The van der Waals surface area contributed by atoms with Crippen LogP contribution in [-0.2, 0) is 6.42 Å². The zero-order valence-electron chi connectivity index (χ0n) is 8.92. The van der Waals surface area contributed by atoms with E-state index < -0.39 is 6.10 Å². The van der Waals surface area contributed by atoms with Crippen LogP contribution in [0.4, 0.5) is 0 Å². The number of hydrogen-bond acceptors (Lipinski definition) is 3. The molecule has 1 unspecified atom stereocenters. The maximum absolute atomic E-state index is 11.7. The van der Waals surface area contributed by atoms with Crippen LogP contribution in [0, 0.1) is 0 Å². The van der Waals surface area contributed by atoms with Crippen LogP contribution in [0.15, 0.2) is 0 Å². The van der Waals surface area contributed by atoms with E-state index in [1.807, 2.05) is 6.92 Å². The van der Waals surface area contributed by atoms with Gasteiger partial charge in [0.25, 0.3) is 0 Å². The largest absolute Gasteiger partial charge is 0.385 e. The summed E-state index contributed by atoms with van der Waals surface area (Å²) in [6, 6.07) is 0. The van der Waals surface area contributed by atoms with Crippen molar-refractivity contribution in [3.05, 3.63) is 17.2 Å². The lowest BCUT2D eigenvalue weighted by molar-refractivity contribution is 0.0977. The number of H-pyrrole nitrogens is 1. The van der Waals surface area contributed by atoms with E-state index in [4.69, 9.17) is 0 Å². The molecule has 1 atom stereocenters. The first-order valence-corrected chi connectivity index (χ1v) is 5.52. The summed E-state index contributed by atoms with van der Waals surface area (Å²) in [5.74, 6) is 0.644. The summed E-state index contributed by atoms with van der Waals surface area (Å²) in [4.78, 5) is 18.9. The highest BCUT2D eigenvalue weighted by molar-refractivity contribution is 5.95. The quantitative estimate of drug-likeness (QED) is 0.728. The second-order valence-electron chi connectivity index (χ2n) is 4.00. The van der Waals surface area contributed by atoms with E-state index >= 15 is 0 Å². The highest BCUT2D eigenvalue weighted by atomic mass is 16.3. The first kappa shape index (κ1) is 10.4. The minimum absolute atomic E-state index is 0.105. The number of aliphatic hydroxyl groups is 1. The summed E-state index contributed by atoms with van der Waals surface area (Å²) >= 11 is 0. The van der Waals surface area contributed by atoms with Gasteiger partial charge < -0.3 is 10.1 Å². The molecule has 0 aromatic carbocycles. The Morgan fingerprint density at radius 3 is 2.93 bits per heavy atom. The number of fused-ring (bicyclic) bond motifs is 1. The van der Waals surface area contributed by atoms with Crippen molar-refractivity contribution in [2.75, 3.05) is 0 Å². The third kappa shape index (κ3) is 1.95. The van der Waals surface area contributed by atoms with Crippen LogP contribution in [-0.4, -0.2) is 20.9 Å². The molecule has 15 heavy (non-hydrogen) atoms. The number of aliphatic hydroxyl groups excluding tert-OH is 1. The van der Waals surface area contributed by atoms with Crippen LogP contribution in [0.2, 0.25) is 0 Å². The van der Waals surface area contributed by atoms with Crippen molar-refractivity contribution in [2.24, 2.45) is 0 Å². The molecule has 0 saturated carbocycles. The standard InChI is InChI=1S/C11H16N2O2/c1-2-8(14)11-12-7-5-3-4-6-9(15)10(7)13-11/h8,14H,2-6H2,1H3,(H,12,13). The third-order valence-electron chi connectivity index (χ3n) is 2.84. The van der Waals surface area contributed by atoms with E-state index in [2.05, 4.69) is 9.97 Å². The van der Waals surface area contributed by atoms with Crippen LogP contribution >= 0.6 is 0 Å². The molecule has 0 saturated heterocycles. The fraction of sp³-hybridized carbons (Fsp3) is 0.636. The lowest BCUT2D eigenvalue weighted by atomic mass is 10.2. The predicted octanol–water partition coefficient (Wildman–Crippen LogP) is 1.76. The number of aryl methyl sites for hydroxylation is 1. The summed E-state index contributed by atoms with van der Waals surface area (Å²) in [5.41, 5.74) is 1.45. The van der Waals surface area contributed by atoms with Crippen LogP contribution < -0.4 is 0 Å². The third-order valence-corrected chi connectivity index (χ3v) is 2.84. The summed E-state index contributed by atoms with van der Waals surface area (Å²) in [7, 11) is 0. The van der Waals surface area contributed by atoms with Crippen molar-refractivity contribution in [2.45, 2.75) is 45.1 Å². The van der Waals surface area contributed by atoms with Gasteiger partial charge in [-0.1, -0.05) is 6.92 Å². The Hall–Kier alpha value is -1.16. The molecule has 0 radical (unpaired) electrons. The van der Waals surface area contributed by atoms with Crippen LogP contribution in [0.5, 0.6) is 0 Å². The Bertz CT molecular complexity index is 371. The molecule has 0 fully saturated rings. The van der Waals surface area contributed by atoms with Gasteiger partial charge in [0.1, 0.15) is 17.6 Å². The molecule has 1 aliphatic carbocycles. The molecule has 82 valence electrons. The molecule has 1 aliphatic rings. The molecule has 1 aromatic heterocycles. The van der Waals surface area contributed by atoms with Crippen LogP contribution in [0.3, 0.4) is 0 Å². The van der Waals surface area contributed by atoms with Gasteiger partial charge in [0, 0.05) is 12.1 Å². The normalized spacial score (nSPS) is 18.4. The fourth-order valence-electron chi connectivity index (χ4n) is 1.90. The number of aromatic nitrogens is 2. The number of nitrogens with zero attached hydrogens (tertiary/aromatic N) is 1. The number of hydrogen-bond donors (Lipinski definition) is 2. The second kappa shape index (κ2) is 4.14. The van der Waals surface area contributed by atoms with E-state index in [9.17, 15) is 9.90 Å². The smallest absolute Gasteiger partial charge is 0.183 e. The average molecular weight is 208 g/mol. The number of rotatable bonds is 2. The Morgan fingerprint density at radius 2 is 2.20 bits per heavy atom. The van der Waals surface area contributed by atoms with Crippen molar-refractivity contribution in [3.63, 3.8) is 0 Å². The number of carbonyl (C=O) groups is 1. The Morgan fingerprint density at radius 1 is 1.47 bits per heavy atom. The molecule has 0 bridgehead atoms. The minimum Gasteiger partial charge on any atom is -0.385 e. The van der Waals surface area contributed by atoms with Crippen LogP contribution in [0.1, 0.15) is 60.7 Å². The molecule has 1 heterocycles. The number of Topliss-reactive ketones (excluding diaryl/α,β-unsaturated/α-hetero) is 1. The Kier molecular flexibility index (Phi) is 2.86. The minimum atomic E-state index is -0.579. The van der Waals surface area contributed by atoms with Gasteiger partial charge >= 0.3 is 0 Å². The van der Waals surface area contributed by atoms with Crippen molar-refractivity contribution in [1.29, 1.82) is 0 Å². The zero-order chi connectivity index (χ0) is 10.8. The first-order valence-electron chi connectivity index (χ1n) is 5.52. The molecule has 0 spiro atoms. The van der Waals surface area contributed by atoms with Gasteiger partial charge in [-0.25, -0.2) is 4.98 Å². The SMILES string of the molecule is CCC(O)c1nc2c([nH]1)CCCCC2=O. The van der Waals surface area contributed by atoms with E-state index in [1.54, 1.807) is 0 Å². The van der Waals surface area contributed by atoms with Gasteiger partial charge in [-0.15, -0.1) is 0 Å². The highest BCUT2D eigenvalue weighted by Crippen LogP contribution is 2.21. The van der Waals surface area contributed by atoms with Crippen molar-refractivity contribution in [3.8, 4) is 0 Å². The van der Waals surface area contributed by atoms with Gasteiger partial charge in [0.05, 0.1) is 0 Å². The van der Waals surface area contributed by atoms with Gasteiger partial charge in [0.15, 0.2) is 5.78 Å². The molecule has 0 amide bonds. The van der Waals surface area contributed by atoms with Crippen LogP contribution in [0.25, 0.3) is 0 Å². The summed E-state index contributed by atoms with van der Waals surface area (Å²) in [6.45, 7) is 1.89. The Labute approximate surface area is 88.7 Å². The van der Waals surface area contributed by atoms with Crippen molar-refractivity contribution < 1.29 is 9.90 Å². The predicted molar refractivity (Wildman–Crippen MR) is 55.7 cm³/mol. The number of carbonyl (C=O) groups excluding carboxylic acids is 1. The second-order valence-corrected chi connectivity index (χ2v) is 4.00. The van der Waals surface area contributed by atoms with Gasteiger partial charge in [-0.2, -0.15) is 0 Å². The molecule has 1 aromatic rings. The molecule has 4 heteroatoms. The summed E-state index contributed by atoms with van der Waals surface area (Å²) in [5, 5.41) is 9.63. The number of ketones is 1. The number of imidazole rings is 1. The molecule has 2 N–H and O–H groups in total. The maximum Gasteiger partial charge on any atom is 0.183 e. The van der Waals surface area contributed by atoms with E-state index in [0.29, 0.717) is 24.4 Å². The molecule has 4 nitrogen and oxygen atoms in total. The van der Waals surface area contributed by atoms with Crippen molar-refractivity contribution in [1.82, 2.24) is 9.97 Å².